The van der Waals surface area contributed by atoms with Crippen LogP contribution in [-0.4, -0.2) is 37.2 Å². The van der Waals surface area contributed by atoms with Crippen LogP contribution in [0.15, 0.2) is 12.2 Å². The molecule has 1 unspecified atom stereocenters. The zero-order valence-electron chi connectivity index (χ0n) is 50.4. The molecule has 0 rings (SSSR count). The lowest BCUT2D eigenvalue weighted by Crippen LogP contribution is -2.30. The highest BCUT2D eigenvalue weighted by molar-refractivity contribution is 5.71. The van der Waals surface area contributed by atoms with Gasteiger partial charge < -0.3 is 14.2 Å². The number of ether oxygens (including phenoxy) is 3. The smallest absolute Gasteiger partial charge is 0.306 e. The Bertz CT molecular complexity index is 1150. The van der Waals surface area contributed by atoms with Crippen molar-refractivity contribution in [1.82, 2.24) is 0 Å². The summed E-state index contributed by atoms with van der Waals surface area (Å²) in [5, 5.41) is 0. The standard InChI is InChI=1S/C68H130O6/c1-4-7-10-13-15-17-19-21-23-25-27-29-30-31-32-33-34-35-36-37-39-40-42-44-46-48-50-52-55-58-61-67(70)73-64-65(63-72-66(69)60-57-54-12-9-6-3)74-68(71)62-59-56-53-51-49-47-45-43-41-38-28-26-24-22-20-18-16-14-11-8-5-2/h26,28,65H,4-25,27,29-64H2,1-3H3/b28-26-. The van der Waals surface area contributed by atoms with Crippen molar-refractivity contribution in [2.24, 2.45) is 0 Å². The number of esters is 3. The molecule has 0 spiro atoms. The van der Waals surface area contributed by atoms with Crippen LogP contribution in [0.25, 0.3) is 0 Å². The van der Waals surface area contributed by atoms with Gasteiger partial charge in [-0.05, 0) is 44.9 Å². The molecule has 6 nitrogen and oxygen atoms in total. The van der Waals surface area contributed by atoms with Crippen molar-refractivity contribution in [2.45, 2.75) is 393 Å². The molecule has 0 aliphatic heterocycles. The molecule has 74 heavy (non-hydrogen) atoms. The molecule has 1 atom stereocenters. The quantitative estimate of drug-likeness (QED) is 0.0261. The van der Waals surface area contributed by atoms with Gasteiger partial charge in [0, 0.05) is 19.3 Å². The second kappa shape index (κ2) is 63.7. The lowest BCUT2D eigenvalue weighted by atomic mass is 10.0. The highest BCUT2D eigenvalue weighted by atomic mass is 16.6. The largest absolute Gasteiger partial charge is 0.462 e. The molecular formula is C68H130O6. The second-order valence-electron chi connectivity index (χ2n) is 23.1. The molecule has 0 heterocycles. The summed E-state index contributed by atoms with van der Waals surface area (Å²) < 4.78 is 16.8. The second-order valence-corrected chi connectivity index (χ2v) is 23.1. The van der Waals surface area contributed by atoms with Crippen LogP contribution >= 0.6 is 0 Å². The van der Waals surface area contributed by atoms with E-state index in [0.717, 1.165) is 64.2 Å². The Morgan fingerprint density at radius 3 is 0.676 bits per heavy atom. The summed E-state index contributed by atoms with van der Waals surface area (Å²) in [6.45, 7) is 6.63. The summed E-state index contributed by atoms with van der Waals surface area (Å²) in [6.07, 6.45) is 75.8. The van der Waals surface area contributed by atoms with E-state index < -0.39 is 6.10 Å². The molecule has 0 aliphatic rings. The number of rotatable bonds is 63. The van der Waals surface area contributed by atoms with Gasteiger partial charge in [0.05, 0.1) is 0 Å². The van der Waals surface area contributed by atoms with Gasteiger partial charge in [0.1, 0.15) is 13.2 Å². The van der Waals surface area contributed by atoms with Gasteiger partial charge in [0.2, 0.25) is 0 Å². The minimum atomic E-state index is -0.765. The number of allylic oxidation sites excluding steroid dienone is 2. The summed E-state index contributed by atoms with van der Waals surface area (Å²) in [6, 6.07) is 0. The Morgan fingerprint density at radius 1 is 0.257 bits per heavy atom. The normalized spacial score (nSPS) is 12.0. The Labute approximate surface area is 462 Å². The Kier molecular flexibility index (Phi) is 62.1. The van der Waals surface area contributed by atoms with Crippen LogP contribution in [0, 0.1) is 0 Å². The van der Waals surface area contributed by atoms with Crippen molar-refractivity contribution in [3.63, 3.8) is 0 Å². The Balaban J connectivity index is 3.91. The average molecular weight is 1040 g/mol. The molecule has 0 N–H and O–H groups in total. The molecule has 0 fully saturated rings. The van der Waals surface area contributed by atoms with E-state index in [1.165, 1.54) is 283 Å². The zero-order chi connectivity index (χ0) is 53.6. The van der Waals surface area contributed by atoms with E-state index in [0.29, 0.717) is 19.3 Å². The zero-order valence-corrected chi connectivity index (χ0v) is 50.4. The predicted octanol–water partition coefficient (Wildman–Crippen LogP) is 22.8. The van der Waals surface area contributed by atoms with E-state index >= 15 is 0 Å². The number of hydrogen-bond donors (Lipinski definition) is 0. The summed E-state index contributed by atoms with van der Waals surface area (Å²) in [4.78, 5) is 37.9. The first-order chi connectivity index (χ1) is 36.5. The molecule has 0 aromatic carbocycles. The van der Waals surface area contributed by atoms with Crippen molar-refractivity contribution in [1.29, 1.82) is 0 Å². The van der Waals surface area contributed by atoms with Gasteiger partial charge in [-0.3, -0.25) is 14.4 Å². The van der Waals surface area contributed by atoms with Crippen molar-refractivity contribution < 1.29 is 28.6 Å². The maximum atomic E-state index is 12.8. The molecule has 0 amide bonds. The summed E-state index contributed by atoms with van der Waals surface area (Å²) in [5.74, 6) is -0.856. The molecule has 0 aromatic heterocycles. The third-order valence-corrected chi connectivity index (χ3v) is 15.5. The van der Waals surface area contributed by atoms with Crippen LogP contribution in [0.5, 0.6) is 0 Å². The van der Waals surface area contributed by atoms with Gasteiger partial charge in [-0.2, -0.15) is 0 Å². The van der Waals surface area contributed by atoms with Gasteiger partial charge in [0.15, 0.2) is 6.10 Å². The fourth-order valence-electron chi connectivity index (χ4n) is 10.4. The van der Waals surface area contributed by atoms with Gasteiger partial charge in [-0.1, -0.05) is 335 Å². The van der Waals surface area contributed by atoms with E-state index in [-0.39, 0.29) is 31.1 Å². The molecule has 0 saturated carbocycles. The van der Waals surface area contributed by atoms with Gasteiger partial charge in [-0.25, -0.2) is 0 Å². The third-order valence-electron chi connectivity index (χ3n) is 15.5. The average Bonchev–Trinajstić information content (AvgIpc) is 3.40. The van der Waals surface area contributed by atoms with Crippen LogP contribution < -0.4 is 0 Å². The van der Waals surface area contributed by atoms with Crippen LogP contribution in [0.3, 0.4) is 0 Å². The molecule has 0 saturated heterocycles. The van der Waals surface area contributed by atoms with E-state index in [4.69, 9.17) is 14.2 Å². The van der Waals surface area contributed by atoms with Crippen LogP contribution in [-0.2, 0) is 28.6 Å². The van der Waals surface area contributed by atoms with Crippen molar-refractivity contribution >= 4 is 17.9 Å². The molecule has 0 radical (unpaired) electrons. The first-order valence-corrected chi connectivity index (χ1v) is 33.7. The van der Waals surface area contributed by atoms with E-state index in [9.17, 15) is 14.4 Å². The molecule has 6 heteroatoms. The number of hydrogen-bond acceptors (Lipinski definition) is 6. The lowest BCUT2D eigenvalue weighted by Gasteiger charge is -2.18. The Hall–Kier alpha value is -1.85. The minimum Gasteiger partial charge on any atom is -0.462 e. The fraction of sp³-hybridized carbons (Fsp3) is 0.926. The maximum absolute atomic E-state index is 12.8. The Morgan fingerprint density at radius 2 is 0.446 bits per heavy atom. The monoisotopic (exact) mass is 1040 g/mol. The third kappa shape index (κ3) is 61.0. The van der Waals surface area contributed by atoms with Crippen molar-refractivity contribution in [3.8, 4) is 0 Å². The lowest BCUT2D eigenvalue weighted by molar-refractivity contribution is -0.167. The maximum Gasteiger partial charge on any atom is 0.306 e. The molecule has 0 bridgehead atoms. The first-order valence-electron chi connectivity index (χ1n) is 33.7. The number of carbonyl (C=O) groups excluding carboxylic acids is 3. The predicted molar refractivity (Wildman–Crippen MR) is 321 cm³/mol. The number of unbranched alkanes of at least 4 members (excludes halogenated alkanes) is 50. The van der Waals surface area contributed by atoms with Gasteiger partial charge in [-0.15, -0.1) is 0 Å². The van der Waals surface area contributed by atoms with E-state index in [1.54, 1.807) is 0 Å². The van der Waals surface area contributed by atoms with Gasteiger partial charge >= 0.3 is 17.9 Å². The SMILES string of the molecule is CCCCCCCCCC/C=C\CCCCCCCCCCCC(=O)OC(COC(=O)CCCCCCC)COC(=O)CCCCCCCCCCCCCCCCCCCCCCCCCCCCCCCC. The molecule has 0 aromatic rings. The summed E-state index contributed by atoms with van der Waals surface area (Å²) >= 11 is 0. The fourth-order valence-corrected chi connectivity index (χ4v) is 10.4. The number of carbonyl (C=O) groups is 3. The highest BCUT2D eigenvalue weighted by Gasteiger charge is 2.19. The van der Waals surface area contributed by atoms with Crippen molar-refractivity contribution in [2.75, 3.05) is 13.2 Å². The highest BCUT2D eigenvalue weighted by Crippen LogP contribution is 2.19. The van der Waals surface area contributed by atoms with Crippen LogP contribution in [0.1, 0.15) is 387 Å². The molecular weight excluding hydrogens is 913 g/mol. The van der Waals surface area contributed by atoms with E-state index in [2.05, 4.69) is 32.9 Å². The van der Waals surface area contributed by atoms with Gasteiger partial charge in [0.25, 0.3) is 0 Å². The van der Waals surface area contributed by atoms with Crippen LogP contribution in [0.2, 0.25) is 0 Å². The topological polar surface area (TPSA) is 78.9 Å². The van der Waals surface area contributed by atoms with Crippen LogP contribution in [0.4, 0.5) is 0 Å². The minimum absolute atomic E-state index is 0.0659. The molecule has 438 valence electrons. The van der Waals surface area contributed by atoms with Crippen molar-refractivity contribution in [3.05, 3.63) is 12.2 Å². The molecule has 0 aliphatic carbocycles. The summed E-state index contributed by atoms with van der Waals surface area (Å²) in [7, 11) is 0. The summed E-state index contributed by atoms with van der Waals surface area (Å²) in [5.41, 5.74) is 0. The van der Waals surface area contributed by atoms with E-state index in [1.807, 2.05) is 0 Å². The first kappa shape index (κ1) is 72.2.